The molecule has 2 nitrogen and oxygen atoms in total. The van der Waals surface area contributed by atoms with E-state index < -0.39 is 0 Å². The van der Waals surface area contributed by atoms with Gasteiger partial charge >= 0.3 is 0 Å². The zero-order valence-electron chi connectivity index (χ0n) is 11.8. The molecule has 0 heterocycles. The second-order valence-electron chi connectivity index (χ2n) is 4.61. The highest BCUT2D eigenvalue weighted by Gasteiger charge is 2.13. The van der Waals surface area contributed by atoms with E-state index in [1.165, 1.54) is 24.3 Å². The Balaban J connectivity index is 2.24. The van der Waals surface area contributed by atoms with E-state index in [-0.39, 0.29) is 17.7 Å². The first-order valence-electron chi connectivity index (χ1n) is 6.65. The monoisotopic (exact) mass is 355 g/mol. The Morgan fingerprint density at radius 1 is 1.14 bits per heavy atom. The molecule has 2 aromatic carbocycles. The van der Waals surface area contributed by atoms with Crippen LogP contribution in [-0.4, -0.2) is 6.61 Å². The molecule has 0 aliphatic carbocycles. The minimum atomic E-state index is -0.348. The van der Waals surface area contributed by atoms with Gasteiger partial charge < -0.3 is 10.1 Å². The van der Waals surface area contributed by atoms with Gasteiger partial charge in [-0.05, 0) is 43.7 Å². The third-order valence-electron chi connectivity index (χ3n) is 3.04. The SMILES string of the molecule is CCOc1cc(F)ccc1NC(C)c1ccc(F)cc1Br. The molecule has 0 aliphatic rings. The second-order valence-corrected chi connectivity index (χ2v) is 5.46. The number of halogens is 3. The fourth-order valence-electron chi connectivity index (χ4n) is 2.05. The third kappa shape index (κ3) is 3.94. The number of anilines is 1. The maximum Gasteiger partial charge on any atom is 0.145 e. The Kier molecular flexibility index (Phi) is 5.17. The van der Waals surface area contributed by atoms with Crippen molar-refractivity contribution < 1.29 is 13.5 Å². The fourth-order valence-corrected chi connectivity index (χ4v) is 2.75. The topological polar surface area (TPSA) is 21.3 Å². The number of hydrogen-bond acceptors (Lipinski definition) is 2. The van der Waals surface area contributed by atoms with Gasteiger partial charge in [0.2, 0.25) is 0 Å². The molecule has 0 spiro atoms. The van der Waals surface area contributed by atoms with Crippen LogP contribution < -0.4 is 10.1 Å². The van der Waals surface area contributed by atoms with Crippen LogP contribution in [0.1, 0.15) is 25.5 Å². The number of ether oxygens (including phenoxy) is 1. The van der Waals surface area contributed by atoms with E-state index in [9.17, 15) is 8.78 Å². The van der Waals surface area contributed by atoms with E-state index in [1.807, 2.05) is 13.8 Å². The molecule has 21 heavy (non-hydrogen) atoms. The van der Waals surface area contributed by atoms with Gasteiger partial charge in [-0.1, -0.05) is 22.0 Å². The molecule has 2 aromatic rings. The smallest absolute Gasteiger partial charge is 0.145 e. The predicted molar refractivity (Wildman–Crippen MR) is 83.7 cm³/mol. The van der Waals surface area contributed by atoms with Crippen LogP contribution in [0.15, 0.2) is 40.9 Å². The van der Waals surface area contributed by atoms with Gasteiger partial charge in [0.1, 0.15) is 17.4 Å². The highest BCUT2D eigenvalue weighted by atomic mass is 79.9. The molecule has 112 valence electrons. The number of hydrogen-bond donors (Lipinski definition) is 1. The average molecular weight is 356 g/mol. The maximum absolute atomic E-state index is 13.3. The standard InChI is InChI=1S/C16H16BrF2NO/c1-3-21-16-9-12(19)5-7-15(16)20-10(2)13-6-4-11(18)8-14(13)17/h4-10,20H,3H2,1-2H3. The summed E-state index contributed by atoms with van der Waals surface area (Å²) in [6, 6.07) is 8.79. The van der Waals surface area contributed by atoms with Crippen LogP contribution in [0.3, 0.4) is 0 Å². The molecular weight excluding hydrogens is 340 g/mol. The summed E-state index contributed by atoms with van der Waals surface area (Å²) in [4.78, 5) is 0. The molecule has 0 saturated carbocycles. The van der Waals surface area contributed by atoms with Crippen LogP contribution in [0.4, 0.5) is 14.5 Å². The molecule has 1 N–H and O–H groups in total. The Morgan fingerprint density at radius 2 is 1.81 bits per heavy atom. The molecule has 0 fully saturated rings. The Hall–Kier alpha value is -1.62. The Bertz CT molecular complexity index is 634. The minimum Gasteiger partial charge on any atom is -0.492 e. The van der Waals surface area contributed by atoms with Crippen LogP contribution >= 0.6 is 15.9 Å². The van der Waals surface area contributed by atoms with Crippen LogP contribution in [0.2, 0.25) is 0 Å². The van der Waals surface area contributed by atoms with Gasteiger partial charge in [0, 0.05) is 16.6 Å². The Morgan fingerprint density at radius 3 is 2.48 bits per heavy atom. The lowest BCUT2D eigenvalue weighted by Gasteiger charge is -2.19. The Labute approximate surface area is 131 Å². The van der Waals surface area contributed by atoms with Crippen molar-refractivity contribution in [1.82, 2.24) is 0 Å². The maximum atomic E-state index is 13.3. The van der Waals surface area contributed by atoms with Gasteiger partial charge in [-0.3, -0.25) is 0 Å². The lowest BCUT2D eigenvalue weighted by Crippen LogP contribution is -2.09. The van der Waals surface area contributed by atoms with Crippen molar-refractivity contribution in [3.63, 3.8) is 0 Å². The van der Waals surface area contributed by atoms with E-state index in [4.69, 9.17) is 4.74 Å². The van der Waals surface area contributed by atoms with E-state index in [0.717, 1.165) is 5.56 Å². The first-order valence-corrected chi connectivity index (χ1v) is 7.44. The predicted octanol–water partition coefficient (Wildman–Crippen LogP) is 5.30. The molecule has 2 rings (SSSR count). The number of rotatable bonds is 5. The molecule has 0 bridgehead atoms. The van der Waals surface area contributed by atoms with Crippen LogP contribution in [-0.2, 0) is 0 Å². The zero-order chi connectivity index (χ0) is 15.4. The van der Waals surface area contributed by atoms with Gasteiger partial charge in [-0.15, -0.1) is 0 Å². The molecule has 0 aromatic heterocycles. The lowest BCUT2D eigenvalue weighted by molar-refractivity contribution is 0.339. The van der Waals surface area contributed by atoms with Crippen LogP contribution in [0.25, 0.3) is 0 Å². The summed E-state index contributed by atoms with van der Waals surface area (Å²) in [5, 5.41) is 3.25. The molecule has 5 heteroatoms. The number of benzene rings is 2. The molecule has 0 aliphatic heterocycles. The van der Waals surface area contributed by atoms with Gasteiger partial charge in [-0.2, -0.15) is 0 Å². The zero-order valence-corrected chi connectivity index (χ0v) is 13.4. The van der Waals surface area contributed by atoms with Gasteiger partial charge in [0.15, 0.2) is 0 Å². The summed E-state index contributed by atoms with van der Waals surface area (Å²) >= 11 is 3.35. The summed E-state index contributed by atoms with van der Waals surface area (Å²) in [6.45, 7) is 4.23. The van der Waals surface area contributed by atoms with Crippen molar-refractivity contribution in [2.75, 3.05) is 11.9 Å². The molecule has 0 amide bonds. The normalized spacial score (nSPS) is 12.0. The van der Waals surface area contributed by atoms with E-state index in [1.54, 1.807) is 12.1 Å². The van der Waals surface area contributed by atoms with Crippen molar-refractivity contribution in [2.45, 2.75) is 19.9 Å². The third-order valence-corrected chi connectivity index (χ3v) is 3.73. The van der Waals surface area contributed by atoms with Crippen molar-refractivity contribution in [3.05, 3.63) is 58.1 Å². The van der Waals surface area contributed by atoms with E-state index in [0.29, 0.717) is 22.5 Å². The molecular formula is C16H16BrF2NO. The van der Waals surface area contributed by atoms with Gasteiger partial charge in [-0.25, -0.2) is 8.78 Å². The minimum absolute atomic E-state index is 0.0929. The van der Waals surface area contributed by atoms with Gasteiger partial charge in [0.25, 0.3) is 0 Å². The largest absolute Gasteiger partial charge is 0.492 e. The van der Waals surface area contributed by atoms with Crippen molar-refractivity contribution in [3.8, 4) is 5.75 Å². The summed E-state index contributed by atoms with van der Waals surface area (Å²) < 4.78 is 32.5. The first-order chi connectivity index (χ1) is 10.0. The van der Waals surface area contributed by atoms with Gasteiger partial charge in [0.05, 0.1) is 12.3 Å². The molecule has 1 atom stereocenters. The quantitative estimate of drug-likeness (QED) is 0.785. The van der Waals surface area contributed by atoms with Crippen LogP contribution in [0, 0.1) is 11.6 Å². The highest BCUT2D eigenvalue weighted by molar-refractivity contribution is 9.10. The second kappa shape index (κ2) is 6.89. The van der Waals surface area contributed by atoms with Crippen LogP contribution in [0.5, 0.6) is 5.75 Å². The summed E-state index contributed by atoms with van der Waals surface area (Å²) in [5.74, 6) is -0.184. The highest BCUT2D eigenvalue weighted by Crippen LogP contribution is 2.31. The van der Waals surface area contributed by atoms with Crippen molar-refractivity contribution in [2.24, 2.45) is 0 Å². The average Bonchev–Trinajstić information content (AvgIpc) is 2.42. The van der Waals surface area contributed by atoms with E-state index >= 15 is 0 Å². The number of nitrogens with one attached hydrogen (secondary N) is 1. The molecule has 1 unspecified atom stereocenters. The summed E-state index contributed by atoms with van der Waals surface area (Å²) in [7, 11) is 0. The van der Waals surface area contributed by atoms with E-state index in [2.05, 4.69) is 21.2 Å². The van der Waals surface area contributed by atoms with Crippen molar-refractivity contribution >= 4 is 21.6 Å². The lowest BCUT2D eigenvalue weighted by atomic mass is 10.1. The molecule has 0 radical (unpaired) electrons. The fraction of sp³-hybridized carbons (Fsp3) is 0.250. The summed E-state index contributed by atoms with van der Waals surface area (Å²) in [5.41, 5.74) is 1.60. The first kappa shape index (κ1) is 15.8. The summed E-state index contributed by atoms with van der Waals surface area (Å²) in [6.07, 6.45) is 0. The molecule has 0 saturated heterocycles. The van der Waals surface area contributed by atoms with Crippen molar-refractivity contribution in [1.29, 1.82) is 0 Å².